The van der Waals surface area contributed by atoms with Gasteiger partial charge in [0.15, 0.2) is 0 Å². The van der Waals surface area contributed by atoms with Crippen LogP contribution in [0.1, 0.15) is 5.56 Å². The standard InChI is InChI=1S/C22H18FN3O2/c23-18-8-4-5-9-20(18)26-19(10-11-25-26)16-12-15(14-6-2-1-3-7-14)21(27)17(13-24)22(16)28/h1-12,27-28H,13,24H2. The molecule has 0 aliphatic carbocycles. The molecule has 4 N–H and O–H groups in total. The molecule has 0 saturated heterocycles. The number of phenols is 2. The largest absolute Gasteiger partial charge is 0.507 e. The van der Waals surface area contributed by atoms with E-state index in [1.165, 1.54) is 16.9 Å². The van der Waals surface area contributed by atoms with Crippen LogP contribution in [-0.2, 0) is 6.54 Å². The first-order valence-electron chi connectivity index (χ1n) is 8.74. The van der Waals surface area contributed by atoms with Gasteiger partial charge < -0.3 is 15.9 Å². The fourth-order valence-electron chi connectivity index (χ4n) is 3.27. The van der Waals surface area contributed by atoms with Gasteiger partial charge in [-0.3, -0.25) is 0 Å². The van der Waals surface area contributed by atoms with Crippen LogP contribution in [0.2, 0.25) is 0 Å². The molecule has 1 aromatic heterocycles. The second-order valence-electron chi connectivity index (χ2n) is 6.30. The predicted molar refractivity (Wildman–Crippen MR) is 106 cm³/mol. The molecule has 0 bridgehead atoms. The van der Waals surface area contributed by atoms with Crippen LogP contribution in [0.5, 0.6) is 11.5 Å². The molecule has 28 heavy (non-hydrogen) atoms. The normalized spacial score (nSPS) is 10.9. The molecule has 0 fully saturated rings. The topological polar surface area (TPSA) is 84.3 Å². The van der Waals surface area contributed by atoms with Crippen molar-refractivity contribution >= 4 is 0 Å². The smallest absolute Gasteiger partial charge is 0.148 e. The summed E-state index contributed by atoms with van der Waals surface area (Å²) in [5, 5.41) is 25.6. The third-order valence-electron chi connectivity index (χ3n) is 4.66. The van der Waals surface area contributed by atoms with E-state index < -0.39 is 5.82 Å². The van der Waals surface area contributed by atoms with Crippen molar-refractivity contribution in [1.82, 2.24) is 9.78 Å². The van der Waals surface area contributed by atoms with E-state index in [0.717, 1.165) is 5.56 Å². The quantitative estimate of drug-likeness (QED) is 0.499. The van der Waals surface area contributed by atoms with Gasteiger partial charge in [-0.05, 0) is 29.8 Å². The van der Waals surface area contributed by atoms with E-state index in [1.807, 2.05) is 30.3 Å². The molecule has 5 nitrogen and oxygen atoms in total. The van der Waals surface area contributed by atoms with Crippen LogP contribution in [-0.4, -0.2) is 20.0 Å². The van der Waals surface area contributed by atoms with Gasteiger partial charge in [0.25, 0.3) is 0 Å². The number of nitrogens with zero attached hydrogens (tertiary/aromatic N) is 2. The fraction of sp³-hybridized carbons (Fsp3) is 0.0455. The third kappa shape index (κ3) is 2.90. The molecular formula is C22H18FN3O2. The van der Waals surface area contributed by atoms with Crippen molar-refractivity contribution < 1.29 is 14.6 Å². The summed E-state index contributed by atoms with van der Waals surface area (Å²) in [6, 6.07) is 18.9. The van der Waals surface area contributed by atoms with E-state index in [1.54, 1.807) is 30.3 Å². The Kier molecular flexibility index (Phi) is 4.55. The van der Waals surface area contributed by atoms with Crippen LogP contribution in [0.4, 0.5) is 4.39 Å². The van der Waals surface area contributed by atoms with Crippen LogP contribution in [0, 0.1) is 5.82 Å². The van der Waals surface area contributed by atoms with Gasteiger partial charge in [0.05, 0.1) is 17.5 Å². The molecule has 0 amide bonds. The highest BCUT2D eigenvalue weighted by Crippen LogP contribution is 2.44. The molecule has 0 unspecified atom stereocenters. The van der Waals surface area contributed by atoms with Gasteiger partial charge in [-0.1, -0.05) is 42.5 Å². The first-order valence-corrected chi connectivity index (χ1v) is 8.74. The number of nitrogens with two attached hydrogens (primary N) is 1. The lowest BCUT2D eigenvalue weighted by Crippen LogP contribution is -2.04. The average molecular weight is 375 g/mol. The summed E-state index contributed by atoms with van der Waals surface area (Å²) in [7, 11) is 0. The zero-order valence-corrected chi connectivity index (χ0v) is 14.9. The van der Waals surface area contributed by atoms with Crippen LogP contribution in [0.25, 0.3) is 28.1 Å². The van der Waals surface area contributed by atoms with Crippen LogP contribution < -0.4 is 5.73 Å². The van der Waals surface area contributed by atoms with E-state index in [9.17, 15) is 14.6 Å². The molecule has 0 spiro atoms. The van der Waals surface area contributed by atoms with Crippen molar-refractivity contribution in [3.05, 3.63) is 84.3 Å². The number of aromatic hydroxyl groups is 2. The van der Waals surface area contributed by atoms with Crippen molar-refractivity contribution in [1.29, 1.82) is 0 Å². The SMILES string of the molecule is NCc1c(O)c(-c2ccccc2)cc(-c2ccnn2-c2ccccc2F)c1O. The highest BCUT2D eigenvalue weighted by molar-refractivity contribution is 5.83. The third-order valence-corrected chi connectivity index (χ3v) is 4.66. The van der Waals surface area contributed by atoms with Crippen LogP contribution in [0.3, 0.4) is 0 Å². The van der Waals surface area contributed by atoms with Gasteiger partial charge in [0.2, 0.25) is 0 Å². The Balaban J connectivity index is 1.98. The van der Waals surface area contributed by atoms with E-state index in [2.05, 4.69) is 5.10 Å². The van der Waals surface area contributed by atoms with Crippen molar-refractivity contribution in [2.24, 2.45) is 5.73 Å². The van der Waals surface area contributed by atoms with Gasteiger partial charge >= 0.3 is 0 Å². The second kappa shape index (κ2) is 7.17. The molecule has 0 radical (unpaired) electrons. The Labute approximate surface area is 161 Å². The molecule has 6 heteroatoms. The zero-order valence-electron chi connectivity index (χ0n) is 14.9. The molecule has 1 heterocycles. The lowest BCUT2D eigenvalue weighted by molar-refractivity contribution is 0.441. The molecule has 0 aliphatic rings. The van der Waals surface area contributed by atoms with Crippen molar-refractivity contribution in [3.63, 3.8) is 0 Å². The Hall–Kier alpha value is -3.64. The number of para-hydroxylation sites is 1. The molecule has 0 atom stereocenters. The molecular weight excluding hydrogens is 357 g/mol. The Bertz CT molecular complexity index is 1140. The predicted octanol–water partition coefficient (Wildman–Crippen LogP) is 4.22. The van der Waals surface area contributed by atoms with E-state index in [0.29, 0.717) is 16.8 Å². The number of rotatable bonds is 4. The maximum atomic E-state index is 14.3. The van der Waals surface area contributed by atoms with Gasteiger partial charge in [-0.2, -0.15) is 5.10 Å². The highest BCUT2D eigenvalue weighted by atomic mass is 19.1. The highest BCUT2D eigenvalue weighted by Gasteiger charge is 2.21. The van der Waals surface area contributed by atoms with Gasteiger partial charge in [-0.15, -0.1) is 0 Å². The number of hydrogen-bond acceptors (Lipinski definition) is 4. The average Bonchev–Trinajstić information content (AvgIpc) is 3.19. The van der Waals surface area contributed by atoms with Crippen molar-refractivity contribution in [2.45, 2.75) is 6.54 Å². The Morgan fingerprint density at radius 2 is 1.57 bits per heavy atom. The first-order chi connectivity index (χ1) is 13.6. The Morgan fingerprint density at radius 3 is 2.29 bits per heavy atom. The summed E-state index contributed by atoms with van der Waals surface area (Å²) in [6.07, 6.45) is 1.53. The number of aromatic nitrogens is 2. The number of hydrogen-bond donors (Lipinski definition) is 3. The minimum atomic E-state index is -0.437. The monoisotopic (exact) mass is 375 g/mol. The Morgan fingerprint density at radius 1 is 0.893 bits per heavy atom. The van der Waals surface area contributed by atoms with E-state index in [4.69, 9.17) is 5.73 Å². The molecule has 0 saturated carbocycles. The molecule has 0 aliphatic heterocycles. The number of benzene rings is 3. The maximum Gasteiger partial charge on any atom is 0.148 e. The summed E-state index contributed by atoms with van der Waals surface area (Å²) in [6.45, 7) is -0.0564. The molecule has 4 aromatic rings. The van der Waals surface area contributed by atoms with E-state index in [-0.39, 0.29) is 29.3 Å². The molecule has 3 aromatic carbocycles. The lowest BCUT2D eigenvalue weighted by Gasteiger charge is -2.16. The van der Waals surface area contributed by atoms with Gasteiger partial charge in [-0.25, -0.2) is 9.07 Å². The van der Waals surface area contributed by atoms with Crippen LogP contribution in [0.15, 0.2) is 72.9 Å². The molecule has 140 valence electrons. The summed E-state index contributed by atoms with van der Waals surface area (Å²) in [4.78, 5) is 0. The number of phenolic OH excluding ortho intramolecular Hbond substituents is 2. The molecule has 4 rings (SSSR count). The minimum Gasteiger partial charge on any atom is -0.507 e. The van der Waals surface area contributed by atoms with Gasteiger partial charge in [0, 0.05) is 17.7 Å². The minimum absolute atomic E-state index is 0.0564. The van der Waals surface area contributed by atoms with Crippen molar-refractivity contribution in [2.75, 3.05) is 0 Å². The summed E-state index contributed by atoms with van der Waals surface area (Å²) >= 11 is 0. The van der Waals surface area contributed by atoms with Crippen LogP contribution >= 0.6 is 0 Å². The summed E-state index contributed by atoms with van der Waals surface area (Å²) in [5.74, 6) is -0.669. The second-order valence-corrected chi connectivity index (χ2v) is 6.30. The zero-order chi connectivity index (χ0) is 19.7. The van der Waals surface area contributed by atoms with Gasteiger partial charge in [0.1, 0.15) is 23.0 Å². The van der Waals surface area contributed by atoms with E-state index >= 15 is 0 Å². The summed E-state index contributed by atoms with van der Waals surface area (Å²) < 4.78 is 15.7. The van der Waals surface area contributed by atoms with Crippen molar-refractivity contribution in [3.8, 4) is 39.6 Å². The first kappa shape index (κ1) is 17.8. The summed E-state index contributed by atoms with van der Waals surface area (Å²) in [5.41, 5.74) is 8.44. The number of halogens is 1. The fourth-order valence-corrected chi connectivity index (χ4v) is 3.27. The maximum absolute atomic E-state index is 14.3. The lowest BCUT2D eigenvalue weighted by atomic mass is 9.95.